The average Bonchev–Trinajstić information content (AvgIpc) is 2.57. The summed E-state index contributed by atoms with van der Waals surface area (Å²) in [4.78, 5) is 26.2. The molecule has 22 heavy (non-hydrogen) atoms. The Balaban J connectivity index is 2.27. The van der Waals surface area contributed by atoms with Crippen LogP contribution in [0.3, 0.4) is 0 Å². The Morgan fingerprint density at radius 2 is 1.82 bits per heavy atom. The van der Waals surface area contributed by atoms with E-state index in [1.165, 1.54) is 0 Å². The molecule has 1 N–H and O–H groups in total. The maximum absolute atomic E-state index is 8.99. The fourth-order valence-electron chi connectivity index (χ4n) is 1.75. The third-order valence-electron chi connectivity index (χ3n) is 2.70. The number of rotatable bonds is 0. The minimum absolute atomic E-state index is 0.0361. The summed E-state index contributed by atoms with van der Waals surface area (Å²) in [6.45, 7) is 14.0. The van der Waals surface area contributed by atoms with Crippen molar-refractivity contribution in [3.63, 3.8) is 0 Å². The highest BCUT2D eigenvalue weighted by atomic mass is 15.2. The summed E-state index contributed by atoms with van der Waals surface area (Å²) in [5.41, 5.74) is -0.0721. The van der Waals surface area contributed by atoms with Gasteiger partial charge in [-0.1, -0.05) is 23.1 Å². The molecule has 100 valence electrons. The van der Waals surface area contributed by atoms with E-state index < -0.39 is 6.04 Å². The number of hydrogen-bond donors (Lipinski definition) is 1. The summed E-state index contributed by atoms with van der Waals surface area (Å²) in [7, 11) is 0. The van der Waals surface area contributed by atoms with Crippen molar-refractivity contribution in [1.82, 2.24) is 19.9 Å². The second kappa shape index (κ2) is 4.75. The third-order valence-corrected chi connectivity index (χ3v) is 2.70. The number of amidine groups is 1. The monoisotopic (exact) mass is 286 g/mol. The van der Waals surface area contributed by atoms with Crippen LogP contribution in [-0.4, -0.2) is 31.8 Å². The molecule has 3 rings (SSSR count). The van der Waals surface area contributed by atoms with Gasteiger partial charge >= 0.3 is 5.82 Å². The van der Waals surface area contributed by atoms with Crippen molar-refractivity contribution < 1.29 is 0 Å². The maximum Gasteiger partial charge on any atom is 0.308 e. The standard InChI is InChI=1S/C12H2N10/c1-15-7-5(3-13)17-9-11(19-7)22-12-10(21-9)18-6(4-14)8(16-2)20-12/h5H,(H,17,18,21). The van der Waals surface area contributed by atoms with Gasteiger partial charge in [0.25, 0.3) is 17.3 Å². The summed E-state index contributed by atoms with van der Waals surface area (Å²) in [6, 6.07) is 2.71. The number of nitriles is 2. The van der Waals surface area contributed by atoms with E-state index in [0.29, 0.717) is 0 Å². The summed E-state index contributed by atoms with van der Waals surface area (Å²) < 4.78 is 0. The molecule has 1 atom stereocenters. The first-order chi connectivity index (χ1) is 10.7. The molecule has 1 aliphatic heterocycles. The Kier molecular flexibility index (Phi) is 2.78. The summed E-state index contributed by atoms with van der Waals surface area (Å²) in [5.74, 6) is 0.00750. The highest BCUT2D eigenvalue weighted by molar-refractivity contribution is 6.04. The Hall–Kier alpha value is -4.15. The molecule has 0 saturated carbocycles. The van der Waals surface area contributed by atoms with Crippen LogP contribution in [0, 0.1) is 35.8 Å². The van der Waals surface area contributed by atoms with Gasteiger partial charge in [-0.25, -0.2) is 4.98 Å². The molecular weight excluding hydrogens is 284 g/mol. The Morgan fingerprint density at radius 3 is 2.45 bits per heavy atom. The summed E-state index contributed by atoms with van der Waals surface area (Å²) >= 11 is 0. The zero-order chi connectivity index (χ0) is 15.7. The highest BCUT2D eigenvalue weighted by Crippen LogP contribution is 2.28. The van der Waals surface area contributed by atoms with Crippen molar-refractivity contribution >= 4 is 34.6 Å². The number of nitrogens with one attached hydrogen (secondary N) is 1. The lowest BCUT2D eigenvalue weighted by Crippen LogP contribution is -2.29. The van der Waals surface area contributed by atoms with Crippen molar-refractivity contribution in [2.75, 3.05) is 5.32 Å². The second-order valence-corrected chi connectivity index (χ2v) is 3.95. The summed E-state index contributed by atoms with van der Waals surface area (Å²) in [6.07, 6.45) is 0. The highest BCUT2D eigenvalue weighted by Gasteiger charge is 2.28. The largest absolute Gasteiger partial charge is 0.362 e. The van der Waals surface area contributed by atoms with Gasteiger partial charge in [0.2, 0.25) is 5.65 Å². The molecule has 10 nitrogen and oxygen atoms in total. The minimum Gasteiger partial charge on any atom is -0.362 e. The van der Waals surface area contributed by atoms with Crippen molar-refractivity contribution in [3.8, 4) is 12.1 Å². The molecular formula is C12H2N10. The molecule has 0 saturated heterocycles. The average molecular weight is 286 g/mol. The van der Waals surface area contributed by atoms with E-state index in [1.54, 1.807) is 6.07 Å². The van der Waals surface area contributed by atoms with Crippen LogP contribution < -0.4 is 5.32 Å². The van der Waals surface area contributed by atoms with Gasteiger partial charge < -0.3 is 15.0 Å². The van der Waals surface area contributed by atoms with Gasteiger partial charge in [-0.3, -0.25) is 0 Å². The molecule has 10 heteroatoms. The molecule has 1 aliphatic rings. The van der Waals surface area contributed by atoms with Crippen LogP contribution in [0.2, 0.25) is 0 Å². The van der Waals surface area contributed by atoms with Gasteiger partial charge in [0.1, 0.15) is 6.07 Å². The zero-order valence-electron chi connectivity index (χ0n) is 10.6. The van der Waals surface area contributed by atoms with E-state index in [1.807, 2.05) is 6.07 Å². The Bertz CT molecular complexity index is 1010. The lowest BCUT2D eigenvalue weighted by atomic mass is 10.2. The van der Waals surface area contributed by atoms with Crippen LogP contribution in [0.25, 0.3) is 21.0 Å². The first-order valence-electron chi connectivity index (χ1n) is 5.69. The van der Waals surface area contributed by atoms with Crippen LogP contribution in [0.4, 0.5) is 17.5 Å². The predicted molar refractivity (Wildman–Crippen MR) is 72.8 cm³/mol. The van der Waals surface area contributed by atoms with Crippen molar-refractivity contribution in [1.29, 1.82) is 10.5 Å². The number of nitrogens with zero attached hydrogens (tertiary/aromatic N) is 9. The Labute approximate surface area is 123 Å². The van der Waals surface area contributed by atoms with E-state index in [-0.39, 0.29) is 40.3 Å². The van der Waals surface area contributed by atoms with Crippen LogP contribution in [0.5, 0.6) is 0 Å². The van der Waals surface area contributed by atoms with Crippen molar-refractivity contribution in [2.24, 2.45) is 4.99 Å². The normalized spacial score (nSPS) is 15.3. The number of fused-ring (bicyclic) bond motifs is 2. The van der Waals surface area contributed by atoms with Crippen molar-refractivity contribution in [2.45, 2.75) is 6.04 Å². The number of anilines is 1. The number of aliphatic imine (C=N–C) groups is 1. The SMILES string of the molecule is [C-]#[N+]C1=Nc2nc3nc([N+]#[C-])c(C#N)nc3nc2NC1C#N. The van der Waals surface area contributed by atoms with Crippen LogP contribution in [-0.2, 0) is 0 Å². The third kappa shape index (κ3) is 1.82. The molecule has 0 aliphatic carbocycles. The molecule has 3 heterocycles. The van der Waals surface area contributed by atoms with E-state index >= 15 is 0 Å². The second-order valence-electron chi connectivity index (χ2n) is 3.95. The van der Waals surface area contributed by atoms with Crippen molar-refractivity contribution in [3.05, 3.63) is 28.5 Å². The first-order valence-corrected chi connectivity index (χ1v) is 5.69. The molecule has 0 amide bonds. The zero-order valence-corrected chi connectivity index (χ0v) is 10.6. The molecule has 0 radical (unpaired) electrons. The molecule has 1 unspecified atom stereocenters. The molecule has 0 spiro atoms. The molecule has 0 bridgehead atoms. The van der Waals surface area contributed by atoms with Gasteiger partial charge in [-0.2, -0.15) is 20.5 Å². The van der Waals surface area contributed by atoms with Crippen LogP contribution in [0.15, 0.2) is 4.99 Å². The molecule has 0 fully saturated rings. The fraction of sp³-hybridized carbons (Fsp3) is 0.0833. The number of aromatic nitrogens is 4. The smallest absolute Gasteiger partial charge is 0.308 e. The fourth-order valence-corrected chi connectivity index (χ4v) is 1.75. The van der Waals surface area contributed by atoms with E-state index in [9.17, 15) is 0 Å². The van der Waals surface area contributed by atoms with Gasteiger partial charge in [0, 0.05) is 0 Å². The lowest BCUT2D eigenvalue weighted by Gasteiger charge is -2.14. The van der Waals surface area contributed by atoms with E-state index in [0.717, 1.165) is 0 Å². The van der Waals surface area contributed by atoms with Gasteiger partial charge in [-0.05, 0) is 0 Å². The van der Waals surface area contributed by atoms with Crippen LogP contribution >= 0.6 is 0 Å². The molecule has 0 aromatic carbocycles. The summed E-state index contributed by atoms with van der Waals surface area (Å²) in [5, 5.41) is 20.6. The topological polar surface area (TPSA) is 132 Å². The quantitative estimate of drug-likeness (QED) is 0.717. The van der Waals surface area contributed by atoms with Gasteiger partial charge in [0.05, 0.1) is 6.07 Å². The van der Waals surface area contributed by atoms with Gasteiger partial charge in [-0.15, -0.1) is 0 Å². The van der Waals surface area contributed by atoms with E-state index in [4.69, 9.17) is 23.7 Å². The maximum atomic E-state index is 8.99. The van der Waals surface area contributed by atoms with Gasteiger partial charge in [0.15, 0.2) is 17.6 Å². The number of hydrogen-bond acceptors (Lipinski definition) is 8. The Morgan fingerprint density at radius 1 is 1.05 bits per heavy atom. The first kappa shape index (κ1) is 12.9. The predicted octanol–water partition coefficient (Wildman–Crippen LogP) is 1.11. The lowest BCUT2D eigenvalue weighted by molar-refractivity contribution is 1.06. The van der Waals surface area contributed by atoms with E-state index in [2.05, 4.69) is 39.9 Å². The minimum atomic E-state index is -0.928. The molecule has 2 aromatic heterocycles. The molecule has 2 aromatic rings. The van der Waals surface area contributed by atoms with Crippen LogP contribution in [0.1, 0.15) is 5.69 Å².